The topological polar surface area (TPSA) is 30.3 Å². The third kappa shape index (κ3) is 5.07. The van der Waals surface area contributed by atoms with Crippen LogP contribution in [0.5, 0.6) is 0 Å². The summed E-state index contributed by atoms with van der Waals surface area (Å²) in [6, 6.07) is 29.1. The SMILES string of the molecule is CCC(C)c1ccc(C(c2ccc(C(C)(C)C)cc2)N(C)C(=N)N(C)c2ccc3c4c(cccc24)CC3)cc1. The molecule has 3 heteroatoms. The first-order chi connectivity index (χ1) is 18.6. The summed E-state index contributed by atoms with van der Waals surface area (Å²) in [5.41, 5.74) is 9.12. The summed E-state index contributed by atoms with van der Waals surface area (Å²) in [6.45, 7) is 11.3. The molecular formula is C36H43N3. The minimum Gasteiger partial charge on any atom is -0.335 e. The van der Waals surface area contributed by atoms with Gasteiger partial charge < -0.3 is 9.80 Å². The van der Waals surface area contributed by atoms with Crippen LogP contribution >= 0.6 is 0 Å². The maximum absolute atomic E-state index is 9.40. The van der Waals surface area contributed by atoms with Gasteiger partial charge in [0.15, 0.2) is 5.96 Å². The van der Waals surface area contributed by atoms with Crippen LogP contribution in [0.4, 0.5) is 5.69 Å². The lowest BCUT2D eigenvalue weighted by Gasteiger charge is -2.36. The Labute approximate surface area is 235 Å². The molecule has 3 nitrogen and oxygen atoms in total. The van der Waals surface area contributed by atoms with Crippen molar-refractivity contribution < 1.29 is 0 Å². The third-order valence-electron chi connectivity index (χ3n) is 8.78. The molecule has 0 aliphatic heterocycles. The van der Waals surface area contributed by atoms with Crippen LogP contribution < -0.4 is 4.90 Å². The standard InChI is InChI=1S/C36H43N3/c1-8-24(2)25-12-16-28(17-13-25)34(29-18-21-30(22-19-29)36(3,4)5)39(7)35(37)38(6)32-23-20-27-15-14-26-10-9-11-31(32)33(26)27/h9-13,16-24,34,37H,8,14-15H2,1-7H3. The summed E-state index contributed by atoms with van der Waals surface area (Å²) in [5.74, 6) is 1.01. The van der Waals surface area contributed by atoms with Crippen LogP contribution in [-0.4, -0.2) is 25.0 Å². The number of guanidine groups is 1. The second-order valence-corrected chi connectivity index (χ2v) is 12.3. The van der Waals surface area contributed by atoms with Crippen molar-refractivity contribution in [3.63, 3.8) is 0 Å². The zero-order chi connectivity index (χ0) is 27.9. The molecule has 1 N–H and O–H groups in total. The second kappa shape index (κ2) is 10.5. The first kappa shape index (κ1) is 27.0. The Kier molecular flexibility index (Phi) is 7.29. The minimum absolute atomic E-state index is 0.0725. The Bertz CT molecular complexity index is 1470. The number of aryl methyl sites for hydroxylation is 2. The van der Waals surface area contributed by atoms with E-state index in [-0.39, 0.29) is 11.5 Å². The molecule has 1 aliphatic carbocycles. The number of rotatable bonds is 6. The summed E-state index contributed by atoms with van der Waals surface area (Å²) >= 11 is 0. The van der Waals surface area contributed by atoms with Crippen LogP contribution in [0, 0.1) is 5.41 Å². The third-order valence-corrected chi connectivity index (χ3v) is 8.78. The number of nitrogens with zero attached hydrogens (tertiary/aromatic N) is 2. The smallest absolute Gasteiger partial charge is 0.198 e. The van der Waals surface area contributed by atoms with Crippen molar-refractivity contribution in [2.75, 3.05) is 19.0 Å². The van der Waals surface area contributed by atoms with E-state index >= 15 is 0 Å². The number of benzene rings is 4. The largest absolute Gasteiger partial charge is 0.335 e. The normalized spacial score (nSPS) is 14.3. The van der Waals surface area contributed by atoms with Gasteiger partial charge in [0.1, 0.15) is 0 Å². The Hall–Kier alpha value is -3.59. The van der Waals surface area contributed by atoms with Gasteiger partial charge in [0.2, 0.25) is 0 Å². The van der Waals surface area contributed by atoms with E-state index in [0.717, 1.165) is 24.9 Å². The van der Waals surface area contributed by atoms with Gasteiger partial charge in [0, 0.05) is 19.5 Å². The van der Waals surface area contributed by atoms with Crippen LogP contribution in [0.2, 0.25) is 0 Å². The maximum Gasteiger partial charge on any atom is 0.198 e. The monoisotopic (exact) mass is 517 g/mol. The van der Waals surface area contributed by atoms with E-state index in [1.54, 1.807) is 0 Å². The van der Waals surface area contributed by atoms with Crippen molar-refractivity contribution in [1.29, 1.82) is 5.41 Å². The van der Waals surface area contributed by atoms with Gasteiger partial charge in [-0.25, -0.2) is 0 Å². The number of anilines is 1. The lowest BCUT2D eigenvalue weighted by atomic mass is 9.85. The molecule has 0 fully saturated rings. The summed E-state index contributed by atoms with van der Waals surface area (Å²) in [7, 11) is 4.09. The zero-order valence-electron chi connectivity index (χ0n) is 24.7. The van der Waals surface area contributed by atoms with Gasteiger partial charge in [-0.05, 0) is 75.4 Å². The molecular weight excluding hydrogens is 474 g/mol. The fourth-order valence-corrected chi connectivity index (χ4v) is 6.04. The molecule has 0 aromatic heterocycles. The average Bonchev–Trinajstić information content (AvgIpc) is 3.37. The molecule has 0 bridgehead atoms. The molecule has 5 rings (SSSR count). The van der Waals surface area contributed by atoms with Crippen molar-refractivity contribution in [2.45, 2.75) is 71.3 Å². The first-order valence-corrected chi connectivity index (χ1v) is 14.4. The first-order valence-electron chi connectivity index (χ1n) is 14.4. The quantitative estimate of drug-likeness (QED) is 0.204. The summed E-state index contributed by atoms with van der Waals surface area (Å²) < 4.78 is 0. The van der Waals surface area contributed by atoms with Crippen LogP contribution in [0.3, 0.4) is 0 Å². The highest BCUT2D eigenvalue weighted by molar-refractivity contribution is 6.06. The highest BCUT2D eigenvalue weighted by Gasteiger charge is 2.26. The lowest BCUT2D eigenvalue weighted by molar-refractivity contribution is 0.417. The second-order valence-electron chi connectivity index (χ2n) is 12.3. The Morgan fingerprint density at radius 1 is 0.795 bits per heavy atom. The highest BCUT2D eigenvalue weighted by Crippen LogP contribution is 2.38. The van der Waals surface area contributed by atoms with E-state index in [2.05, 4.69) is 125 Å². The molecule has 4 aromatic carbocycles. The van der Waals surface area contributed by atoms with Crippen molar-refractivity contribution in [3.05, 3.63) is 112 Å². The van der Waals surface area contributed by atoms with E-state index in [1.165, 1.54) is 44.2 Å². The molecule has 0 saturated heterocycles. The number of nitrogens with one attached hydrogen (secondary N) is 1. The van der Waals surface area contributed by atoms with E-state index in [1.807, 2.05) is 11.9 Å². The molecule has 1 aliphatic rings. The van der Waals surface area contributed by atoms with Gasteiger partial charge in [0.05, 0.1) is 11.7 Å². The van der Waals surface area contributed by atoms with Gasteiger partial charge in [-0.3, -0.25) is 5.41 Å². The van der Waals surface area contributed by atoms with E-state index in [4.69, 9.17) is 0 Å². The minimum atomic E-state index is -0.0725. The average molecular weight is 518 g/mol. The van der Waals surface area contributed by atoms with Gasteiger partial charge in [-0.1, -0.05) is 107 Å². The van der Waals surface area contributed by atoms with Gasteiger partial charge in [-0.2, -0.15) is 0 Å². The van der Waals surface area contributed by atoms with E-state index in [0.29, 0.717) is 11.9 Å². The van der Waals surface area contributed by atoms with E-state index in [9.17, 15) is 5.41 Å². The van der Waals surface area contributed by atoms with Crippen molar-refractivity contribution in [1.82, 2.24) is 4.90 Å². The Balaban J connectivity index is 1.53. The summed E-state index contributed by atoms with van der Waals surface area (Å²) in [4.78, 5) is 4.17. The molecule has 39 heavy (non-hydrogen) atoms. The van der Waals surface area contributed by atoms with Gasteiger partial charge in [-0.15, -0.1) is 0 Å². The molecule has 0 radical (unpaired) electrons. The van der Waals surface area contributed by atoms with Crippen LogP contribution in [0.25, 0.3) is 10.8 Å². The van der Waals surface area contributed by atoms with Crippen molar-refractivity contribution in [2.24, 2.45) is 0 Å². The number of hydrogen-bond acceptors (Lipinski definition) is 1. The van der Waals surface area contributed by atoms with E-state index < -0.39 is 0 Å². The zero-order valence-corrected chi connectivity index (χ0v) is 24.7. The van der Waals surface area contributed by atoms with Crippen LogP contribution in [0.15, 0.2) is 78.9 Å². The molecule has 2 atom stereocenters. The van der Waals surface area contributed by atoms with Crippen molar-refractivity contribution >= 4 is 22.4 Å². The molecule has 2 unspecified atom stereocenters. The maximum atomic E-state index is 9.40. The molecule has 0 saturated carbocycles. The Morgan fingerprint density at radius 2 is 1.36 bits per heavy atom. The molecule has 0 heterocycles. The predicted octanol–water partition coefficient (Wildman–Crippen LogP) is 8.84. The van der Waals surface area contributed by atoms with Crippen LogP contribution in [-0.2, 0) is 18.3 Å². The summed E-state index contributed by atoms with van der Waals surface area (Å²) in [6.07, 6.45) is 3.34. The summed E-state index contributed by atoms with van der Waals surface area (Å²) in [5, 5.41) is 12.0. The van der Waals surface area contributed by atoms with Gasteiger partial charge >= 0.3 is 0 Å². The Morgan fingerprint density at radius 3 is 1.95 bits per heavy atom. The van der Waals surface area contributed by atoms with Gasteiger partial charge in [0.25, 0.3) is 0 Å². The molecule has 4 aromatic rings. The molecule has 202 valence electrons. The molecule has 0 spiro atoms. The van der Waals surface area contributed by atoms with Crippen molar-refractivity contribution in [3.8, 4) is 0 Å². The molecule has 0 amide bonds. The lowest BCUT2D eigenvalue weighted by Crippen LogP contribution is -2.42. The number of hydrogen-bond donors (Lipinski definition) is 1. The fraction of sp³-hybridized carbons (Fsp3) is 0.361. The predicted molar refractivity (Wildman–Crippen MR) is 167 cm³/mol. The van der Waals surface area contributed by atoms with Crippen LogP contribution in [0.1, 0.15) is 86.4 Å². The highest BCUT2D eigenvalue weighted by atomic mass is 15.4. The fourth-order valence-electron chi connectivity index (χ4n) is 6.04.